The predicted octanol–water partition coefficient (Wildman–Crippen LogP) is 3.56. The maximum Gasteiger partial charge on any atom is 0.282 e. The average molecular weight is 354 g/mol. The Hall–Kier alpha value is -2.05. The molecule has 2 aromatic carbocycles. The standard InChI is InChI=1S/C16H16ClNO4S/c1-3-22-15-9-12(8-14(17)16(15)19)10-18-23(20,21)13-6-4-11(2)5-7-13/h4-10,19H,3H2,1-2H3/b18-10-. The van der Waals surface area contributed by atoms with E-state index in [1.54, 1.807) is 19.1 Å². The number of hydrogen-bond donors (Lipinski definition) is 1. The number of aryl methyl sites for hydroxylation is 1. The fourth-order valence-electron chi connectivity index (χ4n) is 1.84. The van der Waals surface area contributed by atoms with Crippen LogP contribution in [0.15, 0.2) is 45.7 Å². The zero-order valence-corrected chi connectivity index (χ0v) is 14.2. The monoisotopic (exact) mass is 353 g/mol. The summed E-state index contributed by atoms with van der Waals surface area (Å²) in [6.07, 6.45) is 1.17. The van der Waals surface area contributed by atoms with Crippen LogP contribution in [0, 0.1) is 6.92 Å². The predicted molar refractivity (Wildman–Crippen MR) is 90.2 cm³/mol. The first kappa shape index (κ1) is 17.3. The van der Waals surface area contributed by atoms with E-state index in [0.29, 0.717) is 12.2 Å². The third-order valence-corrected chi connectivity index (χ3v) is 4.55. The summed E-state index contributed by atoms with van der Waals surface area (Å²) in [4.78, 5) is 0.106. The van der Waals surface area contributed by atoms with Crippen molar-refractivity contribution in [2.24, 2.45) is 4.40 Å². The second-order valence-corrected chi connectivity index (χ2v) is 6.84. The zero-order chi connectivity index (χ0) is 17.0. The van der Waals surface area contributed by atoms with Gasteiger partial charge in [-0.15, -0.1) is 0 Å². The highest BCUT2D eigenvalue weighted by molar-refractivity contribution is 7.90. The number of hydrogen-bond acceptors (Lipinski definition) is 4. The van der Waals surface area contributed by atoms with Crippen molar-refractivity contribution in [3.8, 4) is 11.5 Å². The molecule has 2 rings (SSSR count). The highest BCUT2D eigenvalue weighted by atomic mass is 35.5. The summed E-state index contributed by atoms with van der Waals surface area (Å²) < 4.78 is 33.2. The maximum atomic E-state index is 12.2. The van der Waals surface area contributed by atoms with Crippen molar-refractivity contribution in [3.63, 3.8) is 0 Å². The molecule has 5 nitrogen and oxygen atoms in total. The third kappa shape index (κ3) is 4.24. The number of phenolic OH excluding ortho intramolecular Hbond substituents is 1. The molecule has 0 radical (unpaired) electrons. The number of aromatic hydroxyl groups is 1. The van der Waals surface area contributed by atoms with Crippen LogP contribution < -0.4 is 4.74 Å². The van der Waals surface area contributed by atoms with Gasteiger partial charge in [-0.2, -0.15) is 12.8 Å². The molecule has 0 bridgehead atoms. The van der Waals surface area contributed by atoms with Gasteiger partial charge in [0.15, 0.2) is 11.5 Å². The van der Waals surface area contributed by atoms with Crippen LogP contribution in [-0.4, -0.2) is 26.3 Å². The van der Waals surface area contributed by atoms with Crippen LogP contribution >= 0.6 is 11.6 Å². The number of nitrogens with zero attached hydrogens (tertiary/aromatic N) is 1. The van der Waals surface area contributed by atoms with Gasteiger partial charge in [0.25, 0.3) is 10.0 Å². The van der Waals surface area contributed by atoms with Crippen molar-refractivity contribution >= 4 is 27.8 Å². The van der Waals surface area contributed by atoms with E-state index in [-0.39, 0.29) is 21.4 Å². The molecule has 7 heteroatoms. The van der Waals surface area contributed by atoms with Crippen molar-refractivity contribution in [2.75, 3.05) is 6.61 Å². The van der Waals surface area contributed by atoms with Gasteiger partial charge in [-0.1, -0.05) is 29.3 Å². The molecule has 1 N–H and O–H groups in total. The molecule has 122 valence electrons. The van der Waals surface area contributed by atoms with Gasteiger partial charge in [-0.05, 0) is 43.7 Å². The minimum absolute atomic E-state index is 0.0603. The topological polar surface area (TPSA) is 76.0 Å². The number of sulfonamides is 1. The second-order valence-electron chi connectivity index (χ2n) is 4.81. The highest BCUT2D eigenvalue weighted by Gasteiger charge is 2.12. The van der Waals surface area contributed by atoms with E-state index in [1.807, 2.05) is 6.92 Å². The number of phenols is 1. The molecule has 0 aliphatic heterocycles. The Kier molecular flexibility index (Phi) is 5.28. The Morgan fingerprint density at radius 1 is 1.26 bits per heavy atom. The molecule has 0 amide bonds. The van der Waals surface area contributed by atoms with Crippen molar-refractivity contribution in [1.29, 1.82) is 0 Å². The fraction of sp³-hybridized carbons (Fsp3) is 0.188. The van der Waals surface area contributed by atoms with Gasteiger partial charge >= 0.3 is 0 Å². The summed E-state index contributed by atoms with van der Waals surface area (Å²) in [5.74, 6) is -0.0127. The van der Waals surface area contributed by atoms with Crippen LogP contribution in [0.2, 0.25) is 5.02 Å². The molecule has 0 heterocycles. The first-order valence-corrected chi connectivity index (χ1v) is 8.67. The van der Waals surface area contributed by atoms with E-state index in [0.717, 1.165) is 5.56 Å². The van der Waals surface area contributed by atoms with Crippen LogP contribution in [-0.2, 0) is 10.0 Å². The molecule has 0 aromatic heterocycles. The van der Waals surface area contributed by atoms with Gasteiger partial charge in [-0.25, -0.2) is 0 Å². The lowest BCUT2D eigenvalue weighted by atomic mass is 10.2. The van der Waals surface area contributed by atoms with E-state index >= 15 is 0 Å². The zero-order valence-electron chi connectivity index (χ0n) is 12.7. The summed E-state index contributed by atoms with van der Waals surface area (Å²) in [6.45, 7) is 3.97. The number of halogens is 1. The lowest BCUT2D eigenvalue weighted by Crippen LogP contribution is -1.98. The summed E-state index contributed by atoms with van der Waals surface area (Å²) in [5, 5.41) is 9.83. The fourth-order valence-corrected chi connectivity index (χ4v) is 2.92. The third-order valence-electron chi connectivity index (χ3n) is 3.01. The number of rotatable bonds is 5. The Bertz CT molecular complexity index is 830. The maximum absolute atomic E-state index is 12.2. The van der Waals surface area contributed by atoms with E-state index in [2.05, 4.69) is 4.40 Å². The lowest BCUT2D eigenvalue weighted by Gasteiger charge is -2.08. The van der Waals surface area contributed by atoms with Crippen molar-refractivity contribution in [3.05, 3.63) is 52.5 Å². The summed E-state index contributed by atoms with van der Waals surface area (Å²) in [6, 6.07) is 9.28. The van der Waals surface area contributed by atoms with Crippen molar-refractivity contribution in [2.45, 2.75) is 18.7 Å². The first-order valence-electron chi connectivity index (χ1n) is 6.86. The number of benzene rings is 2. The van der Waals surface area contributed by atoms with Gasteiger partial charge in [0, 0.05) is 6.21 Å². The molecule has 0 saturated heterocycles. The molecular formula is C16H16ClNO4S. The lowest BCUT2D eigenvalue weighted by molar-refractivity contribution is 0.318. The van der Waals surface area contributed by atoms with E-state index in [9.17, 15) is 13.5 Å². The highest BCUT2D eigenvalue weighted by Crippen LogP contribution is 2.34. The molecule has 0 fully saturated rings. The van der Waals surface area contributed by atoms with Gasteiger partial charge in [0.05, 0.1) is 16.5 Å². The minimum Gasteiger partial charge on any atom is -0.503 e. The molecule has 0 spiro atoms. The molecule has 0 aliphatic carbocycles. The minimum atomic E-state index is -3.80. The Balaban J connectivity index is 2.34. The smallest absolute Gasteiger partial charge is 0.282 e. The van der Waals surface area contributed by atoms with Crippen LogP contribution in [0.4, 0.5) is 0 Å². The van der Waals surface area contributed by atoms with E-state index < -0.39 is 10.0 Å². The van der Waals surface area contributed by atoms with Crippen LogP contribution in [0.25, 0.3) is 0 Å². The van der Waals surface area contributed by atoms with Gasteiger partial charge < -0.3 is 9.84 Å². The molecular weight excluding hydrogens is 338 g/mol. The van der Waals surface area contributed by atoms with Crippen LogP contribution in [0.1, 0.15) is 18.1 Å². The second kappa shape index (κ2) is 7.02. The van der Waals surface area contributed by atoms with Gasteiger partial charge in [0.2, 0.25) is 0 Å². The van der Waals surface area contributed by atoms with Gasteiger partial charge in [-0.3, -0.25) is 0 Å². The molecule has 23 heavy (non-hydrogen) atoms. The van der Waals surface area contributed by atoms with E-state index in [1.165, 1.54) is 30.5 Å². The normalized spacial score (nSPS) is 11.8. The molecule has 0 unspecified atom stereocenters. The quantitative estimate of drug-likeness (QED) is 0.834. The Morgan fingerprint density at radius 3 is 2.52 bits per heavy atom. The molecule has 0 aliphatic rings. The summed E-state index contributed by atoms with van der Waals surface area (Å²) >= 11 is 5.90. The SMILES string of the molecule is CCOc1cc(/C=N\S(=O)(=O)c2ccc(C)cc2)cc(Cl)c1O. The summed E-state index contributed by atoms with van der Waals surface area (Å²) in [7, 11) is -3.80. The molecule has 2 aromatic rings. The Labute approximate surface area is 140 Å². The first-order chi connectivity index (χ1) is 10.8. The van der Waals surface area contributed by atoms with Crippen molar-refractivity contribution < 1.29 is 18.3 Å². The van der Waals surface area contributed by atoms with E-state index in [4.69, 9.17) is 16.3 Å². The molecule has 0 saturated carbocycles. The van der Waals surface area contributed by atoms with Gasteiger partial charge in [0.1, 0.15) is 0 Å². The number of ether oxygens (including phenoxy) is 1. The van der Waals surface area contributed by atoms with Crippen LogP contribution in [0.3, 0.4) is 0 Å². The Morgan fingerprint density at radius 2 is 1.91 bits per heavy atom. The summed E-state index contributed by atoms with van der Waals surface area (Å²) in [5.41, 5.74) is 1.37. The van der Waals surface area contributed by atoms with Crippen LogP contribution in [0.5, 0.6) is 11.5 Å². The molecule has 0 atom stereocenters. The largest absolute Gasteiger partial charge is 0.503 e. The van der Waals surface area contributed by atoms with Crippen molar-refractivity contribution in [1.82, 2.24) is 0 Å². The average Bonchev–Trinajstić information content (AvgIpc) is 2.51.